The molecule has 0 aliphatic carbocycles. The van der Waals surface area contributed by atoms with Crippen molar-refractivity contribution in [3.63, 3.8) is 0 Å². The minimum atomic E-state index is -0.649. The van der Waals surface area contributed by atoms with Gasteiger partial charge in [-0.25, -0.2) is 4.68 Å². The van der Waals surface area contributed by atoms with E-state index in [0.29, 0.717) is 12.8 Å². The number of hydrogen-bond acceptors (Lipinski definition) is 4. The van der Waals surface area contributed by atoms with Crippen molar-refractivity contribution in [1.82, 2.24) is 30.2 Å². The quantitative estimate of drug-likeness (QED) is 0.726. The van der Waals surface area contributed by atoms with Crippen LogP contribution >= 0.6 is 0 Å². The van der Waals surface area contributed by atoms with Gasteiger partial charge in [0.25, 0.3) is 0 Å². The lowest BCUT2D eigenvalue weighted by atomic mass is 9.87. The maximum Gasteiger partial charge on any atom is 0.248 e. The van der Waals surface area contributed by atoms with Crippen LogP contribution in [0.2, 0.25) is 0 Å². The summed E-state index contributed by atoms with van der Waals surface area (Å²) in [6.07, 6.45) is 8.70. The highest BCUT2D eigenvalue weighted by atomic mass is 16.2. The molecule has 4 rings (SSSR count). The van der Waals surface area contributed by atoms with Gasteiger partial charge in [-0.1, -0.05) is 18.2 Å². The first-order valence-electron chi connectivity index (χ1n) is 9.31. The molecule has 1 aliphatic heterocycles. The van der Waals surface area contributed by atoms with Gasteiger partial charge in [0.2, 0.25) is 5.91 Å². The van der Waals surface area contributed by atoms with Gasteiger partial charge in [-0.3, -0.25) is 9.48 Å². The van der Waals surface area contributed by atoms with E-state index in [1.54, 1.807) is 12.4 Å². The third-order valence-electron chi connectivity index (χ3n) is 5.30. The molecule has 3 heterocycles. The van der Waals surface area contributed by atoms with E-state index in [-0.39, 0.29) is 11.9 Å². The molecule has 7 heteroatoms. The number of benzene rings is 1. The first kappa shape index (κ1) is 17.5. The molecule has 1 atom stereocenters. The predicted molar refractivity (Wildman–Crippen MR) is 102 cm³/mol. The van der Waals surface area contributed by atoms with Crippen LogP contribution in [-0.2, 0) is 10.3 Å². The van der Waals surface area contributed by atoms with Crippen LogP contribution in [0.15, 0.2) is 61.2 Å². The van der Waals surface area contributed by atoms with Crippen LogP contribution in [-0.4, -0.2) is 38.6 Å². The first-order valence-corrected chi connectivity index (χ1v) is 9.31. The fourth-order valence-electron chi connectivity index (χ4n) is 3.80. The molecule has 27 heavy (non-hydrogen) atoms. The summed E-state index contributed by atoms with van der Waals surface area (Å²) in [5.74, 6) is 0.00969. The van der Waals surface area contributed by atoms with Gasteiger partial charge in [0.15, 0.2) is 0 Å². The van der Waals surface area contributed by atoms with Crippen molar-refractivity contribution in [3.05, 3.63) is 66.7 Å². The number of nitrogens with zero attached hydrogens (tertiary/aromatic N) is 4. The number of hydrogen-bond donors (Lipinski definition) is 2. The van der Waals surface area contributed by atoms with Crippen LogP contribution in [0.4, 0.5) is 0 Å². The maximum absolute atomic E-state index is 13.4. The topological polar surface area (TPSA) is 76.8 Å². The van der Waals surface area contributed by atoms with Crippen LogP contribution in [0.1, 0.15) is 31.4 Å². The second-order valence-corrected chi connectivity index (χ2v) is 6.94. The molecule has 1 unspecified atom stereocenters. The highest BCUT2D eigenvalue weighted by Crippen LogP contribution is 2.29. The van der Waals surface area contributed by atoms with E-state index in [4.69, 9.17) is 0 Å². The number of amides is 1. The zero-order valence-electron chi connectivity index (χ0n) is 15.4. The standard InChI is InChI=1S/C20H24N6O/c1-16(17-6-2-3-7-18(17)25-14-4-10-22-25)24-19(27)20(8-12-21-13-9-20)26-15-5-11-23-26/h2-7,10-11,14-16,21H,8-9,12-13H2,1H3,(H,24,27). The summed E-state index contributed by atoms with van der Waals surface area (Å²) in [7, 11) is 0. The highest BCUT2D eigenvalue weighted by molar-refractivity contribution is 5.85. The zero-order chi connectivity index (χ0) is 18.7. The van der Waals surface area contributed by atoms with Gasteiger partial charge in [-0.05, 0) is 56.6 Å². The molecule has 1 amide bonds. The molecule has 1 saturated heterocycles. The SMILES string of the molecule is CC(NC(=O)C1(n2cccn2)CCNCC1)c1ccccc1-n1cccn1. The summed E-state index contributed by atoms with van der Waals surface area (Å²) >= 11 is 0. The Labute approximate surface area is 158 Å². The van der Waals surface area contributed by atoms with E-state index < -0.39 is 5.54 Å². The minimum absolute atomic E-state index is 0.00969. The van der Waals surface area contributed by atoms with E-state index in [0.717, 1.165) is 24.3 Å². The van der Waals surface area contributed by atoms with Crippen molar-refractivity contribution in [3.8, 4) is 5.69 Å². The third kappa shape index (κ3) is 3.26. The van der Waals surface area contributed by atoms with Gasteiger partial charge in [-0.2, -0.15) is 10.2 Å². The van der Waals surface area contributed by atoms with Crippen LogP contribution in [0.5, 0.6) is 0 Å². The molecule has 3 aromatic rings. The fraction of sp³-hybridized carbons (Fsp3) is 0.350. The first-order chi connectivity index (χ1) is 13.2. The van der Waals surface area contributed by atoms with Crippen molar-refractivity contribution < 1.29 is 4.79 Å². The van der Waals surface area contributed by atoms with E-state index in [1.165, 1.54) is 0 Å². The molecule has 1 aliphatic rings. The predicted octanol–water partition coefficient (Wildman–Crippen LogP) is 2.02. The van der Waals surface area contributed by atoms with E-state index in [9.17, 15) is 4.79 Å². The van der Waals surface area contributed by atoms with Crippen LogP contribution in [0.25, 0.3) is 5.69 Å². The van der Waals surface area contributed by atoms with Gasteiger partial charge in [0, 0.05) is 24.8 Å². The summed E-state index contributed by atoms with van der Waals surface area (Å²) in [6.45, 7) is 3.61. The lowest BCUT2D eigenvalue weighted by molar-refractivity contribution is -0.132. The van der Waals surface area contributed by atoms with Crippen molar-refractivity contribution in [2.45, 2.75) is 31.3 Å². The second kappa shape index (κ2) is 7.36. The number of carbonyl (C=O) groups is 1. The molecule has 1 aromatic carbocycles. The van der Waals surface area contributed by atoms with E-state index >= 15 is 0 Å². The van der Waals surface area contributed by atoms with Crippen LogP contribution in [0, 0.1) is 0 Å². The number of para-hydroxylation sites is 1. The average molecular weight is 364 g/mol. The lowest BCUT2D eigenvalue weighted by Crippen LogP contribution is -2.55. The summed E-state index contributed by atoms with van der Waals surface area (Å²) in [5.41, 5.74) is 1.34. The second-order valence-electron chi connectivity index (χ2n) is 6.94. The van der Waals surface area contributed by atoms with Gasteiger partial charge in [-0.15, -0.1) is 0 Å². The molecular weight excluding hydrogens is 340 g/mol. The van der Waals surface area contributed by atoms with Crippen LogP contribution in [0.3, 0.4) is 0 Å². The Morgan fingerprint density at radius 2 is 1.85 bits per heavy atom. The van der Waals surface area contributed by atoms with Crippen molar-refractivity contribution in [2.24, 2.45) is 0 Å². The molecule has 140 valence electrons. The summed E-state index contributed by atoms with van der Waals surface area (Å²) in [5, 5.41) is 15.3. The molecule has 7 nitrogen and oxygen atoms in total. The maximum atomic E-state index is 13.4. The Morgan fingerprint density at radius 3 is 2.56 bits per heavy atom. The van der Waals surface area contributed by atoms with Gasteiger partial charge >= 0.3 is 0 Å². The monoisotopic (exact) mass is 364 g/mol. The van der Waals surface area contributed by atoms with Crippen molar-refractivity contribution >= 4 is 5.91 Å². The number of carbonyl (C=O) groups excluding carboxylic acids is 1. The largest absolute Gasteiger partial charge is 0.347 e. The number of piperidine rings is 1. The molecule has 2 aromatic heterocycles. The fourth-order valence-corrected chi connectivity index (χ4v) is 3.80. The molecule has 0 spiro atoms. The van der Waals surface area contributed by atoms with Crippen LogP contribution < -0.4 is 10.6 Å². The molecule has 0 radical (unpaired) electrons. The number of aromatic nitrogens is 4. The Balaban J connectivity index is 1.61. The van der Waals surface area contributed by atoms with Gasteiger partial charge < -0.3 is 10.6 Å². The molecule has 0 bridgehead atoms. The van der Waals surface area contributed by atoms with Gasteiger partial charge in [0.05, 0.1) is 11.7 Å². The third-order valence-corrected chi connectivity index (χ3v) is 5.30. The highest BCUT2D eigenvalue weighted by Gasteiger charge is 2.42. The Morgan fingerprint density at radius 1 is 1.11 bits per heavy atom. The van der Waals surface area contributed by atoms with E-state index in [1.807, 2.05) is 65.1 Å². The van der Waals surface area contributed by atoms with Crippen molar-refractivity contribution in [1.29, 1.82) is 0 Å². The molecular formula is C20H24N6O. The zero-order valence-corrected chi connectivity index (χ0v) is 15.4. The Kier molecular flexibility index (Phi) is 4.77. The summed E-state index contributed by atoms with van der Waals surface area (Å²) in [6, 6.07) is 11.6. The summed E-state index contributed by atoms with van der Waals surface area (Å²) < 4.78 is 3.64. The van der Waals surface area contributed by atoms with Gasteiger partial charge in [0.1, 0.15) is 5.54 Å². The summed E-state index contributed by atoms with van der Waals surface area (Å²) in [4.78, 5) is 13.4. The Hall–Kier alpha value is -2.93. The molecule has 1 fully saturated rings. The molecule has 2 N–H and O–H groups in total. The average Bonchev–Trinajstić information content (AvgIpc) is 3.42. The molecule has 0 saturated carbocycles. The minimum Gasteiger partial charge on any atom is -0.347 e. The Bertz CT molecular complexity index is 881. The lowest BCUT2D eigenvalue weighted by Gasteiger charge is -2.37. The number of nitrogens with one attached hydrogen (secondary N) is 2. The van der Waals surface area contributed by atoms with E-state index in [2.05, 4.69) is 20.8 Å². The number of rotatable bonds is 5. The normalized spacial score (nSPS) is 17.4. The smallest absolute Gasteiger partial charge is 0.248 e. The van der Waals surface area contributed by atoms with Crippen molar-refractivity contribution in [2.75, 3.05) is 13.1 Å².